The number of hydrogen-bond acceptors (Lipinski definition) is 2. The highest BCUT2D eigenvalue weighted by molar-refractivity contribution is 6.30. The van der Waals surface area contributed by atoms with Gasteiger partial charge in [0.05, 0.1) is 6.04 Å². The zero-order chi connectivity index (χ0) is 18.0. The number of carbonyl (C=O) groups excluding carboxylic acids is 2. The predicted molar refractivity (Wildman–Crippen MR) is 100 cm³/mol. The molecule has 25 heavy (non-hydrogen) atoms. The molecule has 1 aliphatic rings. The summed E-state index contributed by atoms with van der Waals surface area (Å²) >= 11 is 5.88. The molecule has 0 aromatic heterocycles. The largest absolute Gasteiger partial charge is 0.333 e. The van der Waals surface area contributed by atoms with Gasteiger partial charge in [-0.2, -0.15) is 0 Å². The van der Waals surface area contributed by atoms with Gasteiger partial charge in [0.2, 0.25) is 5.91 Å². The van der Waals surface area contributed by atoms with Crippen molar-refractivity contribution in [3.63, 3.8) is 0 Å². The van der Waals surface area contributed by atoms with Gasteiger partial charge >= 0.3 is 6.03 Å². The molecule has 0 radical (unpaired) electrons. The van der Waals surface area contributed by atoms with E-state index in [4.69, 9.17) is 11.6 Å². The fourth-order valence-electron chi connectivity index (χ4n) is 2.89. The quantitative estimate of drug-likeness (QED) is 0.875. The van der Waals surface area contributed by atoms with E-state index in [1.165, 1.54) is 0 Å². The van der Waals surface area contributed by atoms with Crippen molar-refractivity contribution in [1.82, 2.24) is 5.32 Å². The maximum atomic E-state index is 12.3. The number of nitrogens with one attached hydrogen (secondary N) is 2. The van der Waals surface area contributed by atoms with E-state index in [2.05, 4.69) is 10.6 Å². The zero-order valence-electron chi connectivity index (χ0n) is 14.2. The van der Waals surface area contributed by atoms with Crippen LogP contribution in [-0.2, 0) is 4.79 Å². The Hall–Kier alpha value is -2.53. The lowest BCUT2D eigenvalue weighted by Gasteiger charge is -2.18. The Morgan fingerprint density at radius 1 is 1.16 bits per heavy atom. The highest BCUT2D eigenvalue weighted by Crippen LogP contribution is 2.23. The van der Waals surface area contributed by atoms with Crippen molar-refractivity contribution in [1.29, 1.82) is 0 Å². The first-order valence-electron chi connectivity index (χ1n) is 8.13. The van der Waals surface area contributed by atoms with Gasteiger partial charge in [0.1, 0.15) is 0 Å². The monoisotopic (exact) mass is 357 g/mol. The third-order valence-corrected chi connectivity index (χ3v) is 4.49. The number of anilines is 2. The second-order valence-corrected chi connectivity index (χ2v) is 6.74. The first-order valence-corrected chi connectivity index (χ1v) is 8.51. The van der Waals surface area contributed by atoms with Gasteiger partial charge in [0.15, 0.2) is 0 Å². The average molecular weight is 358 g/mol. The van der Waals surface area contributed by atoms with Crippen LogP contribution in [0.4, 0.5) is 16.2 Å². The van der Waals surface area contributed by atoms with Crippen LogP contribution in [0, 0.1) is 13.8 Å². The molecule has 1 fully saturated rings. The molecule has 0 bridgehead atoms. The molecule has 130 valence electrons. The van der Waals surface area contributed by atoms with Crippen molar-refractivity contribution in [2.24, 2.45) is 0 Å². The summed E-state index contributed by atoms with van der Waals surface area (Å²) in [5.41, 5.74) is 3.63. The number of aryl methyl sites for hydroxylation is 2. The third-order valence-electron chi connectivity index (χ3n) is 4.24. The first-order chi connectivity index (χ1) is 11.9. The van der Waals surface area contributed by atoms with Gasteiger partial charge in [-0.05, 0) is 55.3 Å². The van der Waals surface area contributed by atoms with Crippen LogP contribution in [0.5, 0.6) is 0 Å². The molecule has 5 nitrogen and oxygen atoms in total. The summed E-state index contributed by atoms with van der Waals surface area (Å²) in [7, 11) is 0. The summed E-state index contributed by atoms with van der Waals surface area (Å²) in [6, 6.07) is 12.5. The van der Waals surface area contributed by atoms with E-state index in [1.54, 1.807) is 29.2 Å². The summed E-state index contributed by atoms with van der Waals surface area (Å²) in [5, 5.41) is 6.36. The SMILES string of the molecule is Cc1ccc(C)c(NC(=O)N[C@@H]2CC(=O)N(c3ccc(Cl)cc3)C2)c1. The second kappa shape index (κ2) is 7.15. The average Bonchev–Trinajstić information content (AvgIpc) is 2.92. The number of amides is 3. The Kier molecular flexibility index (Phi) is 4.95. The van der Waals surface area contributed by atoms with E-state index in [1.807, 2.05) is 32.0 Å². The van der Waals surface area contributed by atoms with Gasteiger partial charge in [-0.15, -0.1) is 0 Å². The molecule has 0 aliphatic carbocycles. The fourth-order valence-corrected chi connectivity index (χ4v) is 3.02. The minimum absolute atomic E-state index is 0.0145. The van der Waals surface area contributed by atoms with Crippen molar-refractivity contribution in [2.45, 2.75) is 26.3 Å². The molecule has 1 atom stereocenters. The van der Waals surface area contributed by atoms with Crippen molar-refractivity contribution < 1.29 is 9.59 Å². The van der Waals surface area contributed by atoms with Gasteiger partial charge in [0.25, 0.3) is 0 Å². The summed E-state index contributed by atoms with van der Waals surface area (Å²) in [6.07, 6.45) is 0.281. The van der Waals surface area contributed by atoms with Crippen LogP contribution in [0.1, 0.15) is 17.5 Å². The Bertz CT molecular complexity index is 805. The number of rotatable bonds is 3. The molecule has 3 rings (SSSR count). The molecule has 3 amide bonds. The normalized spacial score (nSPS) is 16.8. The lowest BCUT2D eigenvalue weighted by molar-refractivity contribution is -0.117. The van der Waals surface area contributed by atoms with Crippen LogP contribution in [0.3, 0.4) is 0 Å². The van der Waals surface area contributed by atoms with E-state index in [0.29, 0.717) is 11.6 Å². The number of halogens is 1. The second-order valence-electron chi connectivity index (χ2n) is 6.30. The van der Waals surface area contributed by atoms with Gasteiger partial charge < -0.3 is 15.5 Å². The highest BCUT2D eigenvalue weighted by atomic mass is 35.5. The van der Waals surface area contributed by atoms with Gasteiger partial charge in [-0.25, -0.2) is 4.79 Å². The molecule has 1 heterocycles. The molecule has 0 saturated carbocycles. The van der Waals surface area contributed by atoms with Crippen LogP contribution in [0.25, 0.3) is 0 Å². The maximum Gasteiger partial charge on any atom is 0.319 e. The molecule has 6 heteroatoms. The summed E-state index contributed by atoms with van der Waals surface area (Å²) < 4.78 is 0. The van der Waals surface area contributed by atoms with Crippen molar-refractivity contribution in [2.75, 3.05) is 16.8 Å². The van der Waals surface area contributed by atoms with Crippen LogP contribution in [-0.4, -0.2) is 24.5 Å². The predicted octanol–water partition coefficient (Wildman–Crippen LogP) is 3.88. The lowest BCUT2D eigenvalue weighted by Crippen LogP contribution is -2.39. The number of hydrogen-bond donors (Lipinski definition) is 2. The number of benzene rings is 2. The minimum atomic E-state index is -0.301. The Morgan fingerprint density at radius 3 is 2.60 bits per heavy atom. The van der Waals surface area contributed by atoms with Crippen molar-refractivity contribution >= 4 is 34.9 Å². The topological polar surface area (TPSA) is 61.4 Å². The Labute approximate surface area is 152 Å². The standard InChI is InChI=1S/C19H20ClN3O2/c1-12-3-4-13(2)17(9-12)22-19(25)21-15-10-18(24)23(11-15)16-7-5-14(20)6-8-16/h3-9,15H,10-11H2,1-2H3,(H2,21,22,25)/t15-/m1/s1. The smallest absolute Gasteiger partial charge is 0.319 e. The molecule has 0 unspecified atom stereocenters. The van der Waals surface area contributed by atoms with E-state index in [-0.39, 0.29) is 24.4 Å². The molecule has 1 aliphatic heterocycles. The number of carbonyl (C=O) groups is 2. The molecular formula is C19H20ClN3O2. The highest BCUT2D eigenvalue weighted by Gasteiger charge is 2.31. The summed E-state index contributed by atoms with van der Waals surface area (Å²) in [4.78, 5) is 26.2. The van der Waals surface area contributed by atoms with Gasteiger partial charge in [-0.1, -0.05) is 23.7 Å². The molecule has 0 spiro atoms. The molecular weight excluding hydrogens is 338 g/mol. The Balaban J connectivity index is 1.62. The molecule has 2 aromatic carbocycles. The van der Waals surface area contributed by atoms with Crippen LogP contribution in [0.2, 0.25) is 5.02 Å². The van der Waals surface area contributed by atoms with E-state index >= 15 is 0 Å². The number of urea groups is 1. The minimum Gasteiger partial charge on any atom is -0.333 e. The lowest BCUT2D eigenvalue weighted by atomic mass is 10.1. The van der Waals surface area contributed by atoms with Crippen molar-refractivity contribution in [3.8, 4) is 0 Å². The molecule has 2 aromatic rings. The van der Waals surface area contributed by atoms with Crippen molar-refractivity contribution in [3.05, 3.63) is 58.6 Å². The summed E-state index contributed by atoms with van der Waals surface area (Å²) in [5.74, 6) is -0.0145. The van der Waals surface area contributed by atoms with E-state index < -0.39 is 0 Å². The van der Waals surface area contributed by atoms with Crippen LogP contribution in [0.15, 0.2) is 42.5 Å². The number of nitrogens with zero attached hydrogens (tertiary/aromatic N) is 1. The van der Waals surface area contributed by atoms with E-state index in [0.717, 1.165) is 22.5 Å². The molecule has 2 N–H and O–H groups in total. The third kappa shape index (κ3) is 4.12. The van der Waals surface area contributed by atoms with Crippen LogP contribution >= 0.6 is 11.6 Å². The van der Waals surface area contributed by atoms with E-state index in [9.17, 15) is 9.59 Å². The first kappa shape index (κ1) is 17.3. The van der Waals surface area contributed by atoms with Gasteiger partial charge in [-0.3, -0.25) is 4.79 Å². The summed E-state index contributed by atoms with van der Waals surface area (Å²) in [6.45, 7) is 4.36. The van der Waals surface area contributed by atoms with Crippen LogP contribution < -0.4 is 15.5 Å². The molecule has 1 saturated heterocycles. The van der Waals surface area contributed by atoms with Gasteiger partial charge in [0, 0.05) is 29.4 Å². The zero-order valence-corrected chi connectivity index (χ0v) is 14.9. The maximum absolute atomic E-state index is 12.3. The Morgan fingerprint density at radius 2 is 1.88 bits per heavy atom. The fraction of sp³-hybridized carbons (Fsp3) is 0.263.